The molecular formula is C31H39ClN2O2. The summed E-state index contributed by atoms with van der Waals surface area (Å²) in [6.07, 6.45) is 8.38. The number of benzene rings is 3. The predicted molar refractivity (Wildman–Crippen MR) is 150 cm³/mol. The number of fused-ring (bicyclic) bond motifs is 1. The minimum atomic E-state index is 0. The van der Waals surface area contributed by atoms with Crippen LogP contribution in [0.25, 0.3) is 10.8 Å². The van der Waals surface area contributed by atoms with Crippen molar-refractivity contribution in [1.29, 1.82) is 0 Å². The van der Waals surface area contributed by atoms with Gasteiger partial charge < -0.3 is 14.5 Å². The number of rotatable bonds is 8. The second-order valence-corrected chi connectivity index (χ2v) is 10.3. The fourth-order valence-electron chi connectivity index (χ4n) is 5.58. The largest absolute Gasteiger partial charge is 0.494 e. The molecule has 1 amide bonds. The summed E-state index contributed by atoms with van der Waals surface area (Å²) in [6, 6.07) is 23.0. The lowest BCUT2D eigenvalue weighted by Gasteiger charge is -2.32. The van der Waals surface area contributed by atoms with Gasteiger partial charge in [0.25, 0.3) is 5.91 Å². The lowest BCUT2D eigenvalue weighted by Crippen LogP contribution is -2.38. The first kappa shape index (κ1) is 26.5. The van der Waals surface area contributed by atoms with Crippen molar-refractivity contribution in [2.75, 3.05) is 39.3 Å². The molecule has 2 heterocycles. The summed E-state index contributed by atoms with van der Waals surface area (Å²) in [5.41, 5.74) is 2.19. The minimum Gasteiger partial charge on any atom is -0.494 e. The third-order valence-electron chi connectivity index (χ3n) is 7.66. The molecule has 2 saturated heterocycles. The summed E-state index contributed by atoms with van der Waals surface area (Å²) in [4.78, 5) is 17.8. The average Bonchev–Trinajstić information content (AvgIpc) is 2.92. The van der Waals surface area contributed by atoms with Crippen molar-refractivity contribution in [1.82, 2.24) is 9.80 Å². The zero-order valence-electron chi connectivity index (χ0n) is 21.2. The Morgan fingerprint density at radius 1 is 0.833 bits per heavy atom. The molecule has 0 aromatic heterocycles. The van der Waals surface area contributed by atoms with Crippen LogP contribution in [0.4, 0.5) is 0 Å². The number of piperidine rings is 2. The maximum absolute atomic E-state index is 13.2. The van der Waals surface area contributed by atoms with E-state index in [0.717, 1.165) is 74.0 Å². The van der Waals surface area contributed by atoms with E-state index in [0.29, 0.717) is 5.92 Å². The van der Waals surface area contributed by atoms with Gasteiger partial charge in [-0.05, 0) is 98.1 Å². The van der Waals surface area contributed by atoms with Crippen LogP contribution in [0.3, 0.4) is 0 Å². The number of carbonyl (C=O) groups excluding carboxylic acids is 1. The van der Waals surface area contributed by atoms with Gasteiger partial charge in [0.2, 0.25) is 0 Å². The van der Waals surface area contributed by atoms with E-state index in [2.05, 4.69) is 53.4 Å². The Balaban J connectivity index is 0.00000304. The monoisotopic (exact) mass is 506 g/mol. The molecule has 2 fully saturated rings. The molecule has 0 aliphatic carbocycles. The number of likely N-dealkylation sites (tertiary alicyclic amines) is 2. The quantitative estimate of drug-likeness (QED) is 0.322. The first-order chi connectivity index (χ1) is 17.2. The Hall–Kier alpha value is -2.56. The predicted octanol–water partition coefficient (Wildman–Crippen LogP) is 6.61. The molecule has 192 valence electrons. The van der Waals surface area contributed by atoms with Crippen LogP contribution < -0.4 is 4.74 Å². The van der Waals surface area contributed by atoms with Gasteiger partial charge in [0.15, 0.2) is 0 Å². The Morgan fingerprint density at radius 2 is 1.56 bits per heavy atom. The van der Waals surface area contributed by atoms with Gasteiger partial charge >= 0.3 is 0 Å². The highest BCUT2D eigenvalue weighted by molar-refractivity contribution is 5.98. The number of carbonyl (C=O) groups is 1. The Labute approximate surface area is 222 Å². The second-order valence-electron chi connectivity index (χ2n) is 10.3. The zero-order valence-corrected chi connectivity index (χ0v) is 22.1. The van der Waals surface area contributed by atoms with Gasteiger partial charge in [0.1, 0.15) is 5.75 Å². The number of hydrogen-bond acceptors (Lipinski definition) is 3. The van der Waals surface area contributed by atoms with E-state index >= 15 is 0 Å². The van der Waals surface area contributed by atoms with E-state index < -0.39 is 0 Å². The molecule has 0 bridgehead atoms. The van der Waals surface area contributed by atoms with Gasteiger partial charge in [-0.1, -0.05) is 48.9 Å². The van der Waals surface area contributed by atoms with Crippen LogP contribution in [-0.2, 0) is 6.42 Å². The van der Waals surface area contributed by atoms with E-state index in [1.165, 1.54) is 37.9 Å². The smallest absolute Gasteiger partial charge is 0.253 e. The molecule has 5 heteroatoms. The number of ether oxygens (including phenoxy) is 1. The summed E-state index contributed by atoms with van der Waals surface area (Å²) < 4.78 is 6.03. The Bertz CT molecular complexity index is 1110. The molecule has 0 atom stereocenters. The third-order valence-corrected chi connectivity index (χ3v) is 7.66. The molecule has 5 rings (SSSR count). The second kappa shape index (κ2) is 13.1. The molecule has 2 aliphatic rings. The molecule has 0 saturated carbocycles. The standard InChI is InChI=1S/C31H38N2O2.ClH/c34-31(33-19-14-26(15-20-33)22-25-8-3-1-4-9-25)29-11-10-28-24-30(13-12-27(28)23-29)35-21-7-18-32-16-5-2-6-17-32;/h1,3-4,8-13,23-24,26H,2,5-7,14-22H2;1H. The minimum absolute atomic E-state index is 0. The highest BCUT2D eigenvalue weighted by Crippen LogP contribution is 2.26. The molecular weight excluding hydrogens is 468 g/mol. The van der Waals surface area contributed by atoms with Gasteiger partial charge in [-0.15, -0.1) is 12.4 Å². The van der Waals surface area contributed by atoms with Crippen LogP contribution in [0.1, 0.15) is 54.4 Å². The van der Waals surface area contributed by atoms with Gasteiger partial charge in [0.05, 0.1) is 6.61 Å². The van der Waals surface area contributed by atoms with Crippen molar-refractivity contribution in [2.45, 2.75) is 44.9 Å². The van der Waals surface area contributed by atoms with Crippen LogP contribution >= 0.6 is 12.4 Å². The van der Waals surface area contributed by atoms with Crippen molar-refractivity contribution in [3.05, 3.63) is 77.9 Å². The molecule has 3 aromatic rings. The van der Waals surface area contributed by atoms with Crippen LogP contribution in [-0.4, -0.2) is 55.0 Å². The molecule has 3 aromatic carbocycles. The zero-order chi connectivity index (χ0) is 23.9. The van der Waals surface area contributed by atoms with Gasteiger partial charge in [-0.3, -0.25) is 4.79 Å². The molecule has 0 radical (unpaired) electrons. The third kappa shape index (κ3) is 7.02. The van der Waals surface area contributed by atoms with Crippen LogP contribution in [0.15, 0.2) is 66.7 Å². The van der Waals surface area contributed by atoms with E-state index in [9.17, 15) is 4.79 Å². The summed E-state index contributed by atoms with van der Waals surface area (Å²) in [6.45, 7) is 6.05. The first-order valence-corrected chi connectivity index (χ1v) is 13.5. The summed E-state index contributed by atoms with van der Waals surface area (Å²) >= 11 is 0. The van der Waals surface area contributed by atoms with Gasteiger partial charge in [0, 0.05) is 25.2 Å². The number of nitrogens with zero attached hydrogens (tertiary/aromatic N) is 2. The van der Waals surface area contributed by atoms with E-state index in [4.69, 9.17) is 4.74 Å². The van der Waals surface area contributed by atoms with Crippen molar-refractivity contribution in [2.24, 2.45) is 5.92 Å². The maximum Gasteiger partial charge on any atom is 0.253 e. The molecule has 0 unspecified atom stereocenters. The van der Waals surface area contributed by atoms with Crippen LogP contribution in [0.5, 0.6) is 5.75 Å². The van der Waals surface area contributed by atoms with Crippen molar-refractivity contribution < 1.29 is 9.53 Å². The molecule has 2 aliphatic heterocycles. The van der Waals surface area contributed by atoms with Crippen molar-refractivity contribution in [3.8, 4) is 5.75 Å². The topological polar surface area (TPSA) is 32.8 Å². The summed E-state index contributed by atoms with van der Waals surface area (Å²) in [7, 11) is 0. The molecule has 4 nitrogen and oxygen atoms in total. The number of hydrogen-bond donors (Lipinski definition) is 0. The van der Waals surface area contributed by atoms with Crippen LogP contribution in [0, 0.1) is 5.92 Å². The number of amides is 1. The SMILES string of the molecule is Cl.O=C(c1ccc2cc(OCCCN3CCCCC3)ccc2c1)N1CCC(Cc2ccccc2)CC1. The Morgan fingerprint density at radius 3 is 2.33 bits per heavy atom. The highest BCUT2D eigenvalue weighted by atomic mass is 35.5. The van der Waals surface area contributed by atoms with Gasteiger partial charge in [-0.25, -0.2) is 0 Å². The fraction of sp³-hybridized carbons (Fsp3) is 0.452. The summed E-state index contributed by atoms with van der Waals surface area (Å²) in [5, 5.41) is 2.21. The van der Waals surface area contributed by atoms with Gasteiger partial charge in [-0.2, -0.15) is 0 Å². The number of halogens is 1. The van der Waals surface area contributed by atoms with Crippen molar-refractivity contribution >= 4 is 29.1 Å². The first-order valence-electron chi connectivity index (χ1n) is 13.5. The lowest BCUT2D eigenvalue weighted by molar-refractivity contribution is 0.0690. The fourth-order valence-corrected chi connectivity index (χ4v) is 5.58. The maximum atomic E-state index is 13.2. The van der Waals surface area contributed by atoms with Crippen molar-refractivity contribution in [3.63, 3.8) is 0 Å². The van der Waals surface area contributed by atoms with E-state index in [1.807, 2.05) is 23.1 Å². The van der Waals surface area contributed by atoms with E-state index in [1.54, 1.807) is 0 Å². The van der Waals surface area contributed by atoms with E-state index in [-0.39, 0.29) is 18.3 Å². The average molecular weight is 507 g/mol. The molecule has 0 N–H and O–H groups in total. The molecule has 0 spiro atoms. The highest BCUT2D eigenvalue weighted by Gasteiger charge is 2.24. The lowest BCUT2D eigenvalue weighted by atomic mass is 9.90. The van der Waals surface area contributed by atoms with Crippen LogP contribution in [0.2, 0.25) is 0 Å². The Kier molecular flexibility index (Phi) is 9.66. The molecule has 36 heavy (non-hydrogen) atoms. The normalized spacial score (nSPS) is 17.1. The summed E-state index contributed by atoms with van der Waals surface area (Å²) in [5.74, 6) is 1.73.